The zero-order valence-electron chi connectivity index (χ0n) is 9.87. The Morgan fingerprint density at radius 2 is 1.88 bits per heavy atom. The van der Waals surface area contributed by atoms with Crippen molar-refractivity contribution in [3.05, 3.63) is 35.9 Å². The quantitative estimate of drug-likeness (QED) is 0.828. The second-order valence-electron chi connectivity index (χ2n) is 4.62. The van der Waals surface area contributed by atoms with Crippen LogP contribution in [0.2, 0.25) is 0 Å². The Morgan fingerprint density at radius 1 is 1.31 bits per heavy atom. The van der Waals surface area contributed by atoms with Gasteiger partial charge in [-0.25, -0.2) is 8.93 Å². The number of hydrogen-bond donors (Lipinski definition) is 1. The molecular weight excluding hydrogens is 242 g/mol. The molecule has 2 nitrogen and oxygen atoms in total. The molecule has 0 saturated carbocycles. The van der Waals surface area contributed by atoms with E-state index in [1.165, 1.54) is 0 Å². The van der Waals surface area contributed by atoms with Gasteiger partial charge in [-0.2, -0.15) is 0 Å². The number of hydrogen-bond acceptors (Lipinski definition) is 1. The van der Waals surface area contributed by atoms with Crippen molar-refractivity contribution in [3.63, 3.8) is 0 Å². The summed E-state index contributed by atoms with van der Waals surface area (Å²) in [7, 11) is -1.10. The minimum atomic E-state index is -1.10. The Labute approximate surface area is 105 Å². The summed E-state index contributed by atoms with van der Waals surface area (Å²) in [5.41, 5.74) is 1.06. The molecule has 0 fully saturated rings. The van der Waals surface area contributed by atoms with Crippen LogP contribution in [0.3, 0.4) is 0 Å². The molecule has 1 aromatic carbocycles. The van der Waals surface area contributed by atoms with Crippen LogP contribution >= 0.6 is 11.6 Å². The highest BCUT2D eigenvalue weighted by Gasteiger charge is 2.22. The van der Waals surface area contributed by atoms with Crippen molar-refractivity contribution in [2.75, 3.05) is 5.88 Å². The van der Waals surface area contributed by atoms with Crippen molar-refractivity contribution in [3.8, 4) is 0 Å². The SMILES string of the molecule is CC(C)(C)S(=O)N[C@H](CCl)c1ccccc1. The molecule has 0 spiro atoms. The molecule has 0 bridgehead atoms. The first-order valence-corrected chi connectivity index (χ1v) is 6.92. The molecule has 1 rings (SSSR count). The molecule has 0 aliphatic heterocycles. The topological polar surface area (TPSA) is 29.1 Å². The lowest BCUT2D eigenvalue weighted by atomic mass is 10.1. The minimum Gasteiger partial charge on any atom is -0.242 e. The Hall–Kier alpha value is -0.380. The Bertz CT molecular complexity index is 348. The zero-order valence-corrected chi connectivity index (χ0v) is 11.4. The van der Waals surface area contributed by atoms with Gasteiger partial charge in [0.05, 0.1) is 21.8 Å². The molecule has 0 radical (unpaired) electrons. The van der Waals surface area contributed by atoms with Crippen molar-refractivity contribution in [2.45, 2.75) is 31.6 Å². The summed E-state index contributed by atoms with van der Waals surface area (Å²) in [6.07, 6.45) is 0. The molecule has 1 aromatic rings. The highest BCUT2D eigenvalue weighted by atomic mass is 35.5. The van der Waals surface area contributed by atoms with Gasteiger partial charge >= 0.3 is 0 Å². The monoisotopic (exact) mass is 259 g/mol. The van der Waals surface area contributed by atoms with Gasteiger partial charge in [0.15, 0.2) is 0 Å². The van der Waals surface area contributed by atoms with Crippen LogP contribution in [-0.4, -0.2) is 14.8 Å². The molecule has 0 aliphatic rings. The van der Waals surface area contributed by atoms with Gasteiger partial charge in [-0.1, -0.05) is 30.3 Å². The predicted octanol–water partition coefficient (Wildman–Crippen LogP) is 3.02. The van der Waals surface area contributed by atoms with Gasteiger partial charge < -0.3 is 0 Å². The van der Waals surface area contributed by atoms with E-state index in [1.807, 2.05) is 51.1 Å². The Morgan fingerprint density at radius 3 is 2.31 bits per heavy atom. The van der Waals surface area contributed by atoms with Gasteiger partial charge in [0, 0.05) is 5.88 Å². The molecule has 1 N–H and O–H groups in total. The first-order chi connectivity index (χ1) is 7.45. The van der Waals surface area contributed by atoms with Gasteiger partial charge in [-0.15, -0.1) is 11.6 Å². The second-order valence-corrected chi connectivity index (χ2v) is 6.92. The molecule has 0 heterocycles. The largest absolute Gasteiger partial charge is 0.242 e. The predicted molar refractivity (Wildman–Crippen MR) is 70.9 cm³/mol. The van der Waals surface area contributed by atoms with E-state index in [0.29, 0.717) is 5.88 Å². The van der Waals surface area contributed by atoms with E-state index in [0.717, 1.165) is 5.56 Å². The van der Waals surface area contributed by atoms with E-state index in [-0.39, 0.29) is 10.8 Å². The Kier molecular flexibility index (Phi) is 4.96. The number of benzene rings is 1. The summed E-state index contributed by atoms with van der Waals surface area (Å²) in [5.74, 6) is 0.409. The summed E-state index contributed by atoms with van der Waals surface area (Å²) in [4.78, 5) is 0. The average molecular weight is 260 g/mol. The maximum absolute atomic E-state index is 11.9. The molecule has 2 atom stereocenters. The van der Waals surface area contributed by atoms with Gasteiger partial charge in [0.2, 0.25) is 0 Å². The van der Waals surface area contributed by atoms with Crippen LogP contribution in [0.25, 0.3) is 0 Å². The zero-order chi connectivity index (χ0) is 12.2. The molecule has 1 unspecified atom stereocenters. The van der Waals surface area contributed by atoms with E-state index in [2.05, 4.69) is 4.72 Å². The lowest BCUT2D eigenvalue weighted by molar-refractivity contribution is 0.617. The molecule has 0 aromatic heterocycles. The van der Waals surface area contributed by atoms with Gasteiger partial charge in [0.1, 0.15) is 0 Å². The van der Waals surface area contributed by atoms with Gasteiger partial charge in [-0.3, -0.25) is 0 Å². The lowest BCUT2D eigenvalue weighted by Crippen LogP contribution is -2.36. The summed E-state index contributed by atoms with van der Waals surface area (Å²) in [6, 6.07) is 9.77. The number of alkyl halides is 1. The van der Waals surface area contributed by atoms with Crippen molar-refractivity contribution in [2.24, 2.45) is 0 Å². The van der Waals surface area contributed by atoms with Crippen molar-refractivity contribution >= 4 is 22.6 Å². The van der Waals surface area contributed by atoms with Crippen LogP contribution in [0.5, 0.6) is 0 Å². The molecule has 90 valence electrons. The number of halogens is 1. The van der Waals surface area contributed by atoms with Gasteiger partial charge in [0.25, 0.3) is 0 Å². The highest BCUT2D eigenvalue weighted by molar-refractivity contribution is 7.84. The summed E-state index contributed by atoms with van der Waals surface area (Å²) >= 11 is 5.90. The van der Waals surface area contributed by atoms with Crippen LogP contribution in [0, 0.1) is 0 Å². The normalized spacial score (nSPS) is 15.8. The van der Waals surface area contributed by atoms with E-state index >= 15 is 0 Å². The molecular formula is C12H18ClNOS. The molecule has 16 heavy (non-hydrogen) atoms. The second kappa shape index (κ2) is 5.80. The summed E-state index contributed by atoms with van der Waals surface area (Å²) in [5, 5.41) is 0. The summed E-state index contributed by atoms with van der Waals surface area (Å²) in [6.45, 7) is 5.81. The third-order valence-corrected chi connectivity index (χ3v) is 4.08. The van der Waals surface area contributed by atoms with E-state index in [1.54, 1.807) is 0 Å². The van der Waals surface area contributed by atoms with Crippen LogP contribution in [0.1, 0.15) is 32.4 Å². The molecule has 0 saturated heterocycles. The van der Waals surface area contributed by atoms with Crippen molar-refractivity contribution < 1.29 is 4.21 Å². The standard InChI is InChI=1S/C12H18ClNOS/c1-12(2,3)16(15)14-11(9-13)10-7-5-4-6-8-10/h4-8,11,14H,9H2,1-3H3/t11-,16?/m1/s1. The highest BCUT2D eigenvalue weighted by Crippen LogP contribution is 2.18. The van der Waals surface area contributed by atoms with E-state index in [9.17, 15) is 4.21 Å². The molecule has 0 aliphatic carbocycles. The minimum absolute atomic E-state index is 0.0667. The fourth-order valence-corrected chi connectivity index (χ4v) is 2.36. The average Bonchev–Trinajstić information content (AvgIpc) is 2.25. The van der Waals surface area contributed by atoms with Crippen LogP contribution in [-0.2, 0) is 11.0 Å². The van der Waals surface area contributed by atoms with Crippen molar-refractivity contribution in [1.82, 2.24) is 4.72 Å². The van der Waals surface area contributed by atoms with Crippen LogP contribution in [0.15, 0.2) is 30.3 Å². The first-order valence-electron chi connectivity index (χ1n) is 5.24. The first kappa shape index (κ1) is 13.7. The van der Waals surface area contributed by atoms with Crippen LogP contribution < -0.4 is 4.72 Å². The molecule has 0 amide bonds. The maximum Gasteiger partial charge on any atom is 0.0976 e. The summed E-state index contributed by atoms with van der Waals surface area (Å²) < 4.78 is 14.7. The van der Waals surface area contributed by atoms with Gasteiger partial charge in [-0.05, 0) is 26.3 Å². The van der Waals surface area contributed by atoms with E-state index < -0.39 is 11.0 Å². The fraction of sp³-hybridized carbons (Fsp3) is 0.500. The third-order valence-electron chi connectivity index (χ3n) is 2.16. The third kappa shape index (κ3) is 3.89. The van der Waals surface area contributed by atoms with Crippen molar-refractivity contribution in [1.29, 1.82) is 0 Å². The van der Waals surface area contributed by atoms with E-state index in [4.69, 9.17) is 11.6 Å². The molecule has 4 heteroatoms. The fourth-order valence-electron chi connectivity index (χ4n) is 1.18. The number of nitrogens with one attached hydrogen (secondary N) is 1. The van der Waals surface area contributed by atoms with Crippen LogP contribution in [0.4, 0.5) is 0 Å². The maximum atomic E-state index is 11.9. The number of rotatable bonds is 4. The lowest BCUT2D eigenvalue weighted by Gasteiger charge is -2.23. The smallest absolute Gasteiger partial charge is 0.0976 e. The Balaban J connectivity index is 2.75.